The number of imidazole rings is 1. The molecular formula is C29H34F3N7. The number of nitrogens with zero attached hydrogens (tertiary/aromatic N) is 5. The second kappa shape index (κ2) is 10.2. The molecule has 1 saturated heterocycles. The Morgan fingerprint density at radius 3 is 2.69 bits per heavy atom. The summed E-state index contributed by atoms with van der Waals surface area (Å²) >= 11 is 0. The summed E-state index contributed by atoms with van der Waals surface area (Å²) in [6, 6.07) is 7.66. The number of rotatable bonds is 5. The number of halogens is 3. The molecule has 206 valence electrons. The van der Waals surface area contributed by atoms with Crippen molar-refractivity contribution in [2.45, 2.75) is 58.0 Å². The maximum atomic E-state index is 14.5. The van der Waals surface area contributed by atoms with Gasteiger partial charge in [-0.15, -0.1) is 0 Å². The van der Waals surface area contributed by atoms with E-state index < -0.39 is 5.92 Å². The third-order valence-electron chi connectivity index (χ3n) is 8.07. The van der Waals surface area contributed by atoms with Gasteiger partial charge in [0.15, 0.2) is 0 Å². The maximum Gasteiger partial charge on any atom is 0.251 e. The van der Waals surface area contributed by atoms with Crippen molar-refractivity contribution in [1.29, 1.82) is 0 Å². The van der Waals surface area contributed by atoms with E-state index >= 15 is 0 Å². The minimum Gasteiger partial charge on any atom is -0.362 e. The summed E-state index contributed by atoms with van der Waals surface area (Å²) in [5, 5.41) is 3.48. The lowest BCUT2D eigenvalue weighted by Gasteiger charge is -2.37. The number of nitrogens with one attached hydrogen (secondary N) is 2. The number of H-pyrrole nitrogens is 1. The molecule has 0 bridgehead atoms. The third-order valence-corrected chi connectivity index (χ3v) is 8.07. The highest BCUT2D eigenvalue weighted by Gasteiger charge is 2.37. The Bertz CT molecular complexity index is 1370. The number of fused-ring (bicyclic) bond motifs is 2. The maximum absolute atomic E-state index is 14.5. The Morgan fingerprint density at radius 1 is 1.10 bits per heavy atom. The van der Waals surface area contributed by atoms with Crippen molar-refractivity contribution in [3.8, 4) is 0 Å². The summed E-state index contributed by atoms with van der Waals surface area (Å²) in [6.07, 6.45) is 6.31. The van der Waals surface area contributed by atoms with E-state index in [0.717, 1.165) is 47.6 Å². The fourth-order valence-electron chi connectivity index (χ4n) is 5.78. The lowest BCUT2D eigenvalue weighted by atomic mass is 9.94. The summed E-state index contributed by atoms with van der Waals surface area (Å²) in [5.74, 6) is 0.151. The number of benzene rings is 1. The van der Waals surface area contributed by atoms with Crippen LogP contribution in [0.15, 0.2) is 48.3 Å². The summed E-state index contributed by atoms with van der Waals surface area (Å²) in [6.45, 7) is 5.78. The van der Waals surface area contributed by atoms with Gasteiger partial charge in [0, 0.05) is 38.0 Å². The Morgan fingerprint density at radius 2 is 1.90 bits per heavy atom. The number of aromatic amines is 1. The topological polar surface area (TPSA) is 73.0 Å². The van der Waals surface area contributed by atoms with Crippen molar-refractivity contribution in [2.24, 2.45) is 11.8 Å². The Kier molecular flexibility index (Phi) is 6.72. The molecule has 4 heterocycles. The number of para-hydroxylation sites is 2. The van der Waals surface area contributed by atoms with Crippen LogP contribution < -0.4 is 15.1 Å². The van der Waals surface area contributed by atoms with Crippen LogP contribution in [0.1, 0.15) is 44.5 Å². The van der Waals surface area contributed by atoms with Crippen LogP contribution in [-0.4, -0.2) is 51.5 Å². The smallest absolute Gasteiger partial charge is 0.251 e. The van der Waals surface area contributed by atoms with Gasteiger partial charge in [0.25, 0.3) is 5.92 Å². The molecule has 2 aromatic heterocycles. The van der Waals surface area contributed by atoms with Gasteiger partial charge in [-0.1, -0.05) is 32.1 Å². The van der Waals surface area contributed by atoms with Gasteiger partial charge in [-0.2, -0.15) is 9.97 Å². The lowest BCUT2D eigenvalue weighted by molar-refractivity contribution is -0.0222. The van der Waals surface area contributed by atoms with Crippen LogP contribution in [0.3, 0.4) is 0 Å². The number of allylic oxidation sites excluding steroid dienone is 2. The molecule has 39 heavy (non-hydrogen) atoms. The Labute approximate surface area is 226 Å². The molecule has 3 atom stereocenters. The molecule has 1 aromatic carbocycles. The molecule has 6 rings (SSSR count). The van der Waals surface area contributed by atoms with E-state index in [0.29, 0.717) is 24.2 Å². The highest BCUT2D eigenvalue weighted by Crippen LogP contribution is 2.38. The van der Waals surface area contributed by atoms with Crippen molar-refractivity contribution in [2.75, 3.05) is 34.8 Å². The van der Waals surface area contributed by atoms with Gasteiger partial charge in [-0.3, -0.25) is 0 Å². The average molecular weight is 538 g/mol. The van der Waals surface area contributed by atoms with Crippen molar-refractivity contribution in [3.05, 3.63) is 59.7 Å². The number of anilines is 3. The highest BCUT2D eigenvalue weighted by molar-refractivity contribution is 5.74. The predicted molar refractivity (Wildman–Crippen MR) is 148 cm³/mol. The van der Waals surface area contributed by atoms with E-state index in [1.807, 2.05) is 35.2 Å². The zero-order valence-electron chi connectivity index (χ0n) is 22.3. The first-order valence-electron chi connectivity index (χ1n) is 13.8. The summed E-state index contributed by atoms with van der Waals surface area (Å²) < 4.78 is 42.4. The average Bonchev–Trinajstić information content (AvgIpc) is 3.26. The van der Waals surface area contributed by atoms with Gasteiger partial charge in [0.2, 0.25) is 5.95 Å². The summed E-state index contributed by atoms with van der Waals surface area (Å²) in [5.41, 5.74) is 2.81. The van der Waals surface area contributed by atoms with E-state index in [4.69, 9.17) is 9.97 Å². The van der Waals surface area contributed by atoms with E-state index in [9.17, 15) is 13.2 Å². The number of hydrogen-bond donors (Lipinski definition) is 2. The first-order chi connectivity index (χ1) is 18.8. The van der Waals surface area contributed by atoms with Crippen molar-refractivity contribution in [1.82, 2.24) is 19.9 Å². The Hall–Kier alpha value is -3.56. The molecule has 1 fully saturated rings. The fourth-order valence-corrected chi connectivity index (χ4v) is 5.78. The molecular weight excluding hydrogens is 503 g/mol. The molecule has 3 aromatic rings. The van der Waals surface area contributed by atoms with Crippen LogP contribution in [0.25, 0.3) is 11.0 Å². The fraction of sp³-hybridized carbons (Fsp3) is 0.483. The van der Waals surface area contributed by atoms with Gasteiger partial charge in [-0.05, 0) is 49.0 Å². The standard InChI is InChI=1S/C29H34F3N7/c1-18-7-10-21-26(33-16-25-34-22-5-3-4-6-23(22)35-25)36-28(38-13-11-29(31,32)12-14-38)37-27(21)39(17-18)24-15-20(30)9-8-19(24)2/h3-6,8-9,15,18-19,24H,7,10-14,16-17H2,1-2H3,(H,34,35)(H,33,36,37). The monoisotopic (exact) mass is 537 g/mol. The number of aromatic nitrogens is 4. The van der Waals surface area contributed by atoms with E-state index in [1.54, 1.807) is 6.08 Å². The summed E-state index contributed by atoms with van der Waals surface area (Å²) in [4.78, 5) is 22.0. The Balaban J connectivity index is 1.40. The minimum atomic E-state index is -2.67. The molecule has 1 aliphatic carbocycles. The van der Waals surface area contributed by atoms with Crippen LogP contribution in [0.5, 0.6) is 0 Å². The molecule has 2 aliphatic heterocycles. The van der Waals surface area contributed by atoms with Crippen LogP contribution in [0, 0.1) is 11.8 Å². The third kappa shape index (κ3) is 5.33. The largest absolute Gasteiger partial charge is 0.362 e. The van der Waals surface area contributed by atoms with Gasteiger partial charge in [0.05, 0.1) is 23.6 Å². The second-order valence-electron chi connectivity index (χ2n) is 11.1. The second-order valence-corrected chi connectivity index (χ2v) is 11.1. The molecule has 0 amide bonds. The molecule has 10 heteroatoms. The highest BCUT2D eigenvalue weighted by atomic mass is 19.3. The summed E-state index contributed by atoms with van der Waals surface area (Å²) in [7, 11) is 0. The predicted octanol–water partition coefficient (Wildman–Crippen LogP) is 6.02. The number of hydrogen-bond acceptors (Lipinski definition) is 6. The van der Waals surface area contributed by atoms with Crippen LogP contribution in [-0.2, 0) is 13.0 Å². The van der Waals surface area contributed by atoms with E-state index in [-0.39, 0.29) is 43.7 Å². The van der Waals surface area contributed by atoms with E-state index in [2.05, 4.69) is 34.0 Å². The van der Waals surface area contributed by atoms with Gasteiger partial charge in [0.1, 0.15) is 23.3 Å². The number of alkyl halides is 2. The molecule has 0 spiro atoms. The van der Waals surface area contributed by atoms with E-state index in [1.165, 1.54) is 6.08 Å². The van der Waals surface area contributed by atoms with Crippen molar-refractivity contribution >= 4 is 28.6 Å². The SMILES string of the molecule is CC1CCc2c(NCc3nc4ccccc4[nH]3)nc(N3CCC(F)(F)CC3)nc2N(C2C=C(F)C=CC2C)C1. The van der Waals surface area contributed by atoms with Gasteiger partial charge >= 0.3 is 0 Å². The first kappa shape index (κ1) is 25.7. The van der Waals surface area contributed by atoms with Crippen molar-refractivity contribution < 1.29 is 13.2 Å². The van der Waals surface area contributed by atoms with Crippen LogP contribution in [0.2, 0.25) is 0 Å². The van der Waals surface area contributed by atoms with Gasteiger partial charge in [-0.25, -0.2) is 18.2 Å². The minimum absolute atomic E-state index is 0.0849. The zero-order chi connectivity index (χ0) is 27.1. The number of piperidine rings is 1. The molecule has 0 radical (unpaired) electrons. The quantitative estimate of drug-likeness (QED) is 0.415. The van der Waals surface area contributed by atoms with Crippen LogP contribution in [0.4, 0.5) is 30.8 Å². The molecule has 7 nitrogen and oxygen atoms in total. The van der Waals surface area contributed by atoms with Gasteiger partial charge < -0.3 is 20.1 Å². The van der Waals surface area contributed by atoms with Crippen molar-refractivity contribution in [3.63, 3.8) is 0 Å². The first-order valence-corrected chi connectivity index (χ1v) is 13.8. The molecule has 3 aliphatic rings. The lowest BCUT2D eigenvalue weighted by Crippen LogP contribution is -2.43. The zero-order valence-corrected chi connectivity index (χ0v) is 22.3. The normalized spacial score (nSPS) is 24.8. The molecule has 3 unspecified atom stereocenters. The molecule has 2 N–H and O–H groups in total. The molecule has 0 saturated carbocycles. The van der Waals surface area contributed by atoms with Crippen LogP contribution >= 0.6 is 0 Å².